The van der Waals surface area contributed by atoms with E-state index in [2.05, 4.69) is 4.98 Å². The first-order valence-electron chi connectivity index (χ1n) is 4.24. The summed E-state index contributed by atoms with van der Waals surface area (Å²) in [5, 5.41) is 10.6. The van der Waals surface area contributed by atoms with Crippen LogP contribution in [0.15, 0.2) is 24.3 Å². The quantitative estimate of drug-likeness (QED) is 0.661. The third-order valence-corrected chi connectivity index (χ3v) is 3.12. The molecule has 0 amide bonds. The van der Waals surface area contributed by atoms with Crippen molar-refractivity contribution in [2.75, 3.05) is 5.73 Å². The van der Waals surface area contributed by atoms with Gasteiger partial charge in [-0.15, -0.1) is 11.3 Å². The molecule has 2 aromatic rings. The monoisotopic (exact) mass is 255 g/mol. The predicted octanol–water partition coefficient (Wildman–Crippen LogP) is 2.95. The summed E-state index contributed by atoms with van der Waals surface area (Å²) in [5.74, 6) is 0.119. The highest BCUT2D eigenvalue weighted by Gasteiger charge is 2.12. The average Bonchev–Trinajstić information content (AvgIpc) is 2.64. The number of aromatic nitrogens is 1. The van der Waals surface area contributed by atoms with Crippen molar-refractivity contribution in [1.29, 1.82) is 0 Å². The lowest BCUT2D eigenvalue weighted by Gasteiger charge is -1.99. The Bertz CT molecular complexity index is 555. The Hall–Kier alpha value is -1.66. The van der Waals surface area contributed by atoms with Crippen molar-refractivity contribution < 1.29 is 4.92 Å². The molecule has 0 aliphatic heterocycles. The number of hydrogen-bond donors (Lipinski definition) is 1. The molecule has 0 unspecified atom stereocenters. The summed E-state index contributed by atoms with van der Waals surface area (Å²) in [5.41, 5.74) is 5.88. The number of nitrogens with zero attached hydrogens (tertiary/aromatic N) is 2. The van der Waals surface area contributed by atoms with E-state index in [4.69, 9.17) is 17.3 Å². The van der Waals surface area contributed by atoms with Crippen molar-refractivity contribution in [1.82, 2.24) is 4.98 Å². The molecule has 0 aromatic carbocycles. The molecule has 82 valence electrons. The zero-order chi connectivity index (χ0) is 11.7. The zero-order valence-corrected chi connectivity index (χ0v) is 9.46. The number of halogens is 1. The Morgan fingerprint density at radius 1 is 1.44 bits per heavy atom. The van der Waals surface area contributed by atoms with Crippen LogP contribution in [0.25, 0.3) is 10.6 Å². The average molecular weight is 256 g/mol. The van der Waals surface area contributed by atoms with Crippen molar-refractivity contribution in [2.24, 2.45) is 0 Å². The van der Waals surface area contributed by atoms with Gasteiger partial charge in [0.25, 0.3) is 5.69 Å². The minimum absolute atomic E-state index is 0.0768. The molecule has 0 saturated heterocycles. The van der Waals surface area contributed by atoms with Crippen LogP contribution in [0.5, 0.6) is 0 Å². The van der Waals surface area contributed by atoms with Gasteiger partial charge in [0.2, 0.25) is 0 Å². The molecule has 0 spiro atoms. The summed E-state index contributed by atoms with van der Waals surface area (Å²) in [6.45, 7) is 0. The molecule has 2 rings (SSSR count). The van der Waals surface area contributed by atoms with Crippen LogP contribution < -0.4 is 5.73 Å². The molecular formula is C9H6ClN3O2S. The maximum absolute atomic E-state index is 10.6. The van der Waals surface area contributed by atoms with Gasteiger partial charge in [-0.1, -0.05) is 11.6 Å². The van der Waals surface area contributed by atoms with Gasteiger partial charge in [-0.3, -0.25) is 10.1 Å². The highest BCUT2D eigenvalue weighted by Crippen LogP contribution is 2.32. The topological polar surface area (TPSA) is 82.0 Å². The first-order chi connectivity index (χ1) is 7.56. The number of hydrogen-bond acceptors (Lipinski definition) is 5. The fourth-order valence-electron chi connectivity index (χ4n) is 1.22. The molecule has 0 radical (unpaired) electrons. The largest absolute Gasteiger partial charge is 0.383 e. The second kappa shape index (κ2) is 4.07. The van der Waals surface area contributed by atoms with E-state index in [-0.39, 0.29) is 11.5 Å². The first kappa shape index (κ1) is 10.8. The number of nitrogen functional groups attached to an aromatic ring is 1. The van der Waals surface area contributed by atoms with E-state index in [1.165, 1.54) is 23.5 Å². The minimum atomic E-state index is -0.503. The summed E-state index contributed by atoms with van der Waals surface area (Å²) in [6.07, 6.45) is 0. The van der Waals surface area contributed by atoms with Crippen LogP contribution in [0.3, 0.4) is 0 Å². The number of rotatable bonds is 2. The highest BCUT2D eigenvalue weighted by atomic mass is 35.5. The van der Waals surface area contributed by atoms with E-state index in [9.17, 15) is 10.1 Å². The molecular weight excluding hydrogens is 250 g/mol. The van der Waals surface area contributed by atoms with Gasteiger partial charge in [0, 0.05) is 6.07 Å². The van der Waals surface area contributed by atoms with Crippen LogP contribution >= 0.6 is 22.9 Å². The van der Waals surface area contributed by atoms with Crippen LogP contribution in [-0.2, 0) is 0 Å². The lowest BCUT2D eigenvalue weighted by atomic mass is 10.2. The fourth-order valence-corrected chi connectivity index (χ4v) is 2.22. The third kappa shape index (κ3) is 2.12. The molecule has 0 bridgehead atoms. The van der Waals surface area contributed by atoms with Crippen LogP contribution in [-0.4, -0.2) is 9.91 Å². The summed E-state index contributed by atoms with van der Waals surface area (Å²) >= 11 is 7.07. The molecule has 0 aliphatic rings. The SMILES string of the molecule is Nc1cc([N+](=O)[O-])cc(-c2ccc(Cl)s2)n1. The maximum Gasteiger partial charge on any atom is 0.275 e. The summed E-state index contributed by atoms with van der Waals surface area (Å²) in [4.78, 5) is 14.9. The fraction of sp³-hybridized carbons (Fsp3) is 0. The van der Waals surface area contributed by atoms with Crippen molar-refractivity contribution in [3.63, 3.8) is 0 Å². The van der Waals surface area contributed by atoms with Crippen LogP contribution in [0.2, 0.25) is 4.34 Å². The van der Waals surface area contributed by atoms with Crippen LogP contribution in [0.4, 0.5) is 11.5 Å². The van der Waals surface area contributed by atoms with E-state index in [1.807, 2.05) is 0 Å². The van der Waals surface area contributed by atoms with Crippen molar-refractivity contribution in [2.45, 2.75) is 0 Å². The molecule has 2 heterocycles. The van der Waals surface area contributed by atoms with Crippen LogP contribution in [0.1, 0.15) is 0 Å². The summed E-state index contributed by atoms with van der Waals surface area (Å²) in [6, 6.07) is 6.05. The van der Waals surface area contributed by atoms with E-state index >= 15 is 0 Å². The van der Waals surface area contributed by atoms with E-state index in [1.54, 1.807) is 12.1 Å². The molecule has 2 aromatic heterocycles. The van der Waals surface area contributed by atoms with Gasteiger partial charge in [-0.05, 0) is 12.1 Å². The molecule has 2 N–H and O–H groups in total. The molecule has 0 saturated carbocycles. The van der Waals surface area contributed by atoms with Gasteiger partial charge >= 0.3 is 0 Å². The smallest absolute Gasteiger partial charge is 0.275 e. The van der Waals surface area contributed by atoms with Gasteiger partial charge in [0.15, 0.2) is 0 Å². The molecule has 7 heteroatoms. The number of anilines is 1. The van der Waals surface area contributed by atoms with Gasteiger partial charge in [-0.2, -0.15) is 0 Å². The lowest BCUT2D eigenvalue weighted by molar-refractivity contribution is -0.384. The molecule has 0 fully saturated rings. The van der Waals surface area contributed by atoms with Crippen molar-refractivity contribution >= 4 is 34.4 Å². The van der Waals surface area contributed by atoms with Crippen LogP contribution in [0, 0.1) is 10.1 Å². The highest BCUT2D eigenvalue weighted by molar-refractivity contribution is 7.19. The molecule has 0 aliphatic carbocycles. The predicted molar refractivity (Wildman–Crippen MR) is 63.6 cm³/mol. The van der Waals surface area contributed by atoms with E-state index in [0.717, 1.165) is 4.88 Å². The van der Waals surface area contributed by atoms with Crippen molar-refractivity contribution in [3.8, 4) is 10.6 Å². The van der Waals surface area contributed by atoms with E-state index < -0.39 is 4.92 Å². The Morgan fingerprint density at radius 2 is 2.19 bits per heavy atom. The summed E-state index contributed by atoms with van der Waals surface area (Å²) in [7, 11) is 0. The normalized spacial score (nSPS) is 10.3. The minimum Gasteiger partial charge on any atom is -0.383 e. The second-order valence-electron chi connectivity index (χ2n) is 3.00. The Morgan fingerprint density at radius 3 is 2.75 bits per heavy atom. The Balaban J connectivity index is 2.53. The number of nitrogens with two attached hydrogens (primary N) is 1. The molecule has 5 nitrogen and oxygen atoms in total. The lowest BCUT2D eigenvalue weighted by Crippen LogP contribution is -1.95. The standard InChI is InChI=1S/C9H6ClN3O2S/c10-8-2-1-7(16-8)6-3-5(13(14)15)4-9(11)12-6/h1-4H,(H2,11,12). The molecule has 16 heavy (non-hydrogen) atoms. The number of thiophene rings is 1. The van der Waals surface area contributed by atoms with Crippen molar-refractivity contribution in [3.05, 3.63) is 38.7 Å². The van der Waals surface area contributed by atoms with Gasteiger partial charge < -0.3 is 5.73 Å². The number of nitro groups is 1. The third-order valence-electron chi connectivity index (χ3n) is 1.87. The van der Waals surface area contributed by atoms with Gasteiger partial charge in [0.1, 0.15) is 5.82 Å². The first-order valence-corrected chi connectivity index (χ1v) is 5.43. The Kier molecular flexibility index (Phi) is 2.76. The Labute approximate surface area is 99.6 Å². The maximum atomic E-state index is 10.6. The summed E-state index contributed by atoms with van der Waals surface area (Å²) < 4.78 is 0.599. The molecule has 0 atom stereocenters. The second-order valence-corrected chi connectivity index (χ2v) is 4.71. The number of pyridine rings is 1. The van der Waals surface area contributed by atoms with E-state index in [0.29, 0.717) is 10.0 Å². The van der Waals surface area contributed by atoms with Gasteiger partial charge in [0.05, 0.1) is 25.9 Å². The zero-order valence-electron chi connectivity index (χ0n) is 7.88. The van der Waals surface area contributed by atoms with Gasteiger partial charge in [-0.25, -0.2) is 4.98 Å².